The van der Waals surface area contributed by atoms with Gasteiger partial charge in [0.25, 0.3) is 5.91 Å². The number of hydrogen-bond acceptors (Lipinski definition) is 4. The van der Waals surface area contributed by atoms with Gasteiger partial charge in [-0.3, -0.25) is 15.6 Å². The molecular weight excluding hydrogens is 292 g/mol. The molecule has 0 unspecified atom stereocenters. The molecule has 18 heavy (non-hydrogen) atoms. The molecule has 0 aromatic heterocycles. The quantitative estimate of drug-likeness (QED) is 0.433. The number of hydrazine groups is 1. The summed E-state index contributed by atoms with van der Waals surface area (Å²) in [5.41, 5.74) is 5.34. The van der Waals surface area contributed by atoms with Gasteiger partial charge in [0.2, 0.25) is 0 Å². The van der Waals surface area contributed by atoms with Gasteiger partial charge < -0.3 is 0 Å². The Kier molecular flexibility index (Phi) is 5.12. The number of nitrogens with one attached hydrogen (secondary N) is 2. The number of rotatable bonds is 3. The number of thiol groups is 1. The second-order valence-corrected chi connectivity index (χ2v) is 6.70. The number of carbonyl (C=O) groups excluding carboxylic acids is 1. The van der Waals surface area contributed by atoms with Crippen LogP contribution in [-0.2, 0) is 14.6 Å². The van der Waals surface area contributed by atoms with E-state index in [2.05, 4.69) is 35.7 Å². The van der Waals surface area contributed by atoms with Crippen LogP contribution in [0, 0.1) is 6.92 Å². The molecule has 0 aliphatic heterocycles. The second-order valence-electron chi connectivity index (χ2n) is 3.55. The summed E-state index contributed by atoms with van der Waals surface area (Å²) >= 11 is 8.27. The molecular formula is C10H12N2O3S3. The molecule has 1 aromatic carbocycles. The molecule has 0 bridgehead atoms. The maximum Gasteiger partial charge on any atom is 0.253 e. The number of amides is 1. The maximum absolute atomic E-state index is 11.9. The highest BCUT2D eigenvalue weighted by Crippen LogP contribution is 2.11. The Balaban J connectivity index is 2.73. The van der Waals surface area contributed by atoms with Crippen LogP contribution in [-0.4, -0.2) is 24.4 Å². The molecule has 0 fully saturated rings. The van der Waals surface area contributed by atoms with Crippen LogP contribution >= 0.6 is 24.8 Å². The Morgan fingerprint density at radius 3 is 2.33 bits per heavy atom. The molecule has 1 amide bonds. The summed E-state index contributed by atoms with van der Waals surface area (Å²) in [6.45, 7) is 1.85. The first-order valence-electron chi connectivity index (χ1n) is 4.88. The monoisotopic (exact) mass is 304 g/mol. The lowest BCUT2D eigenvalue weighted by Crippen LogP contribution is -2.41. The highest BCUT2D eigenvalue weighted by Gasteiger charge is 2.18. The molecule has 0 spiro atoms. The highest BCUT2D eigenvalue weighted by molar-refractivity contribution is 8.11. The third-order valence-corrected chi connectivity index (χ3v) is 3.86. The molecule has 0 aliphatic rings. The summed E-state index contributed by atoms with van der Waals surface area (Å²) in [4.78, 5) is 11.5. The summed E-state index contributed by atoms with van der Waals surface area (Å²) in [6.07, 6.45) is 0. The van der Waals surface area contributed by atoms with Crippen LogP contribution < -0.4 is 10.9 Å². The van der Waals surface area contributed by atoms with Gasteiger partial charge in [0.05, 0.1) is 4.90 Å². The average Bonchev–Trinajstić information content (AvgIpc) is 2.26. The Bertz CT molecular complexity index is 552. The number of thiocarbonyl (C=S) groups is 1. The minimum absolute atomic E-state index is 0.0519. The maximum atomic E-state index is 11.9. The molecule has 2 N–H and O–H groups in total. The molecule has 98 valence electrons. The van der Waals surface area contributed by atoms with E-state index in [4.69, 9.17) is 0 Å². The van der Waals surface area contributed by atoms with E-state index in [0.29, 0.717) is 0 Å². The van der Waals surface area contributed by atoms with Crippen molar-refractivity contribution >= 4 is 44.9 Å². The van der Waals surface area contributed by atoms with E-state index in [1.807, 2.05) is 6.92 Å². The lowest BCUT2D eigenvalue weighted by atomic mass is 10.2. The lowest BCUT2D eigenvalue weighted by molar-refractivity contribution is -0.119. The molecule has 0 radical (unpaired) electrons. The number of aryl methyl sites for hydroxylation is 1. The predicted molar refractivity (Wildman–Crippen MR) is 76.1 cm³/mol. The Labute approximate surface area is 116 Å². The molecule has 8 heteroatoms. The molecule has 5 nitrogen and oxygen atoms in total. The van der Waals surface area contributed by atoms with Gasteiger partial charge in [-0.1, -0.05) is 29.9 Å². The van der Waals surface area contributed by atoms with Crippen molar-refractivity contribution in [1.29, 1.82) is 0 Å². The van der Waals surface area contributed by atoms with Crippen molar-refractivity contribution in [1.82, 2.24) is 10.9 Å². The molecule has 1 rings (SSSR count). The van der Waals surface area contributed by atoms with Crippen LogP contribution in [0.3, 0.4) is 0 Å². The van der Waals surface area contributed by atoms with E-state index in [1.165, 1.54) is 12.1 Å². The number of hydrogen-bond donors (Lipinski definition) is 3. The molecule has 0 heterocycles. The van der Waals surface area contributed by atoms with Crippen molar-refractivity contribution in [3.8, 4) is 0 Å². The molecule has 0 atom stereocenters. The summed E-state index contributed by atoms with van der Waals surface area (Å²) in [5.74, 6) is -1.36. The largest absolute Gasteiger partial charge is 0.283 e. The van der Waals surface area contributed by atoms with Gasteiger partial charge in [0.1, 0.15) is 10.1 Å². The van der Waals surface area contributed by atoms with Gasteiger partial charge in [0.15, 0.2) is 9.84 Å². The Morgan fingerprint density at radius 2 is 1.83 bits per heavy atom. The van der Waals surface area contributed by atoms with Gasteiger partial charge in [-0.25, -0.2) is 8.42 Å². The van der Waals surface area contributed by atoms with E-state index in [9.17, 15) is 13.2 Å². The van der Waals surface area contributed by atoms with Crippen LogP contribution in [0.5, 0.6) is 0 Å². The highest BCUT2D eigenvalue weighted by atomic mass is 32.2. The molecule has 0 saturated carbocycles. The molecule has 0 saturated heterocycles. The fourth-order valence-corrected chi connectivity index (χ4v) is 2.40. The van der Waals surface area contributed by atoms with Crippen LogP contribution in [0.2, 0.25) is 0 Å². The van der Waals surface area contributed by atoms with Crippen molar-refractivity contribution in [3.05, 3.63) is 29.8 Å². The summed E-state index contributed by atoms with van der Waals surface area (Å²) in [6, 6.07) is 6.28. The van der Waals surface area contributed by atoms with E-state index in [1.54, 1.807) is 12.1 Å². The van der Waals surface area contributed by atoms with Crippen LogP contribution in [0.25, 0.3) is 0 Å². The normalized spacial score (nSPS) is 10.8. The van der Waals surface area contributed by atoms with Crippen molar-refractivity contribution in [2.45, 2.75) is 11.8 Å². The smallest absolute Gasteiger partial charge is 0.253 e. The number of sulfone groups is 1. The molecule has 0 aliphatic carbocycles. The second kappa shape index (κ2) is 6.17. The third-order valence-electron chi connectivity index (χ3n) is 2.01. The van der Waals surface area contributed by atoms with E-state index in [-0.39, 0.29) is 9.22 Å². The fraction of sp³-hybridized carbons (Fsp3) is 0.200. The first-order valence-corrected chi connectivity index (χ1v) is 7.39. The zero-order valence-corrected chi connectivity index (χ0v) is 12.0. The van der Waals surface area contributed by atoms with Gasteiger partial charge in [-0.15, -0.1) is 12.6 Å². The summed E-state index contributed by atoms with van der Waals surface area (Å²) in [5, 5.41) is 0. The predicted octanol–water partition coefficient (Wildman–Crippen LogP) is 0.604. The first-order chi connectivity index (χ1) is 8.31. The minimum Gasteiger partial charge on any atom is -0.283 e. The van der Waals surface area contributed by atoms with Crippen molar-refractivity contribution in [2.75, 3.05) is 5.75 Å². The lowest BCUT2D eigenvalue weighted by Gasteiger charge is -2.07. The zero-order valence-electron chi connectivity index (χ0n) is 9.50. The van der Waals surface area contributed by atoms with Crippen LogP contribution in [0.4, 0.5) is 0 Å². The van der Waals surface area contributed by atoms with Gasteiger partial charge in [0, 0.05) is 0 Å². The number of benzene rings is 1. The third kappa shape index (κ3) is 4.63. The Morgan fingerprint density at radius 1 is 1.28 bits per heavy atom. The standard InChI is InChI=1S/C10H12N2O3S3/c1-7-2-4-8(5-3-7)18(14,15)6-9(13)11-12-10(16)17/h2-5H,6H2,1H3,(H,11,13)(H2,12,16,17). The van der Waals surface area contributed by atoms with E-state index in [0.717, 1.165) is 5.56 Å². The van der Waals surface area contributed by atoms with Gasteiger partial charge >= 0.3 is 0 Å². The Hall–Kier alpha value is -1.12. The average molecular weight is 304 g/mol. The zero-order chi connectivity index (χ0) is 13.8. The summed E-state index contributed by atoms with van der Waals surface area (Å²) < 4.78 is 23.8. The van der Waals surface area contributed by atoms with E-state index >= 15 is 0 Å². The van der Waals surface area contributed by atoms with Gasteiger partial charge in [-0.2, -0.15) is 0 Å². The van der Waals surface area contributed by atoms with Crippen molar-refractivity contribution in [3.63, 3.8) is 0 Å². The van der Waals surface area contributed by atoms with Crippen LogP contribution in [0.15, 0.2) is 29.2 Å². The minimum atomic E-state index is -3.64. The SMILES string of the molecule is Cc1ccc(S(=O)(=O)CC(=O)NNC(=S)S)cc1. The van der Waals surface area contributed by atoms with E-state index < -0.39 is 21.5 Å². The van der Waals surface area contributed by atoms with Crippen LogP contribution in [0.1, 0.15) is 5.56 Å². The summed E-state index contributed by atoms with van der Waals surface area (Å²) in [7, 11) is -3.64. The van der Waals surface area contributed by atoms with Crippen molar-refractivity contribution in [2.24, 2.45) is 0 Å². The number of carbonyl (C=O) groups is 1. The van der Waals surface area contributed by atoms with Crippen molar-refractivity contribution < 1.29 is 13.2 Å². The molecule has 1 aromatic rings. The van der Waals surface area contributed by atoms with Gasteiger partial charge in [-0.05, 0) is 19.1 Å². The first kappa shape index (κ1) is 14.9. The fourth-order valence-electron chi connectivity index (χ4n) is 1.16. The topological polar surface area (TPSA) is 75.3 Å².